The first-order valence-electron chi connectivity index (χ1n) is 2.87. The van der Waals surface area contributed by atoms with Crippen molar-refractivity contribution in [2.75, 3.05) is 0 Å². The summed E-state index contributed by atoms with van der Waals surface area (Å²) in [7, 11) is 0. The van der Waals surface area contributed by atoms with Crippen molar-refractivity contribution >= 4 is 23.6 Å². The lowest BCUT2D eigenvalue weighted by Gasteiger charge is -1.91. The molecule has 0 aliphatic heterocycles. The van der Waals surface area contributed by atoms with Crippen LogP contribution in [0.2, 0.25) is 0 Å². The van der Waals surface area contributed by atoms with Crippen LogP contribution in [-0.2, 0) is 17.9 Å². The van der Waals surface area contributed by atoms with Gasteiger partial charge in [0.2, 0.25) is 0 Å². The smallest absolute Gasteiger partial charge is 0.184 e. The molecule has 0 fully saturated rings. The van der Waals surface area contributed by atoms with Gasteiger partial charge < -0.3 is 0 Å². The molecule has 1 nitrogen and oxygen atoms in total. The summed E-state index contributed by atoms with van der Waals surface area (Å²) in [6.45, 7) is 0. The fourth-order valence-corrected chi connectivity index (χ4v) is 1.24. The normalized spacial score (nSPS) is 9.80. The van der Waals surface area contributed by atoms with Gasteiger partial charge in [-0.3, -0.25) is 0 Å². The van der Waals surface area contributed by atoms with Crippen molar-refractivity contribution in [1.82, 2.24) is 0 Å². The molecule has 1 aromatic carbocycles. The van der Waals surface area contributed by atoms with E-state index in [4.69, 9.17) is 16.2 Å². The minimum absolute atomic E-state index is 0.305. The second-order valence-electron chi connectivity index (χ2n) is 1.90. The lowest BCUT2D eigenvalue weighted by atomic mass is 10.2. The molecule has 0 aliphatic carbocycles. The van der Waals surface area contributed by atoms with Gasteiger partial charge in [-0.05, 0) is 11.6 Å². The topological polar surface area (TPSA) is 20.2 Å². The van der Waals surface area contributed by atoms with E-state index in [1.807, 2.05) is 24.3 Å². The van der Waals surface area contributed by atoms with Crippen LogP contribution in [0, 0.1) is 0 Å². The van der Waals surface area contributed by atoms with E-state index in [1.165, 1.54) is 0 Å². The van der Waals surface area contributed by atoms with Crippen LogP contribution in [0.5, 0.6) is 0 Å². The third-order valence-corrected chi connectivity index (χ3v) is 2.00. The molecule has 0 atom stereocenters. The quantitative estimate of drug-likeness (QED) is 0.415. The molecule has 0 saturated carbocycles. The van der Waals surface area contributed by atoms with Crippen molar-refractivity contribution in [2.45, 2.75) is 10.8 Å². The third-order valence-electron chi connectivity index (χ3n) is 1.18. The predicted molar refractivity (Wildman–Crippen MR) is 45.7 cm³/mol. The van der Waals surface area contributed by atoms with Crippen LogP contribution in [0.25, 0.3) is 0 Å². The monoisotopic (exact) mass is 175 g/mol. The highest BCUT2D eigenvalue weighted by Crippen LogP contribution is 2.08. The number of hydrogen-bond donors (Lipinski definition) is 1. The van der Waals surface area contributed by atoms with Gasteiger partial charge in [-0.25, -0.2) is 0 Å². The molecule has 0 aliphatic rings. The van der Waals surface area contributed by atoms with Crippen molar-refractivity contribution in [3.63, 3.8) is 0 Å². The van der Waals surface area contributed by atoms with E-state index in [0.29, 0.717) is 17.9 Å². The number of alkyl halides is 1. The Bertz CT molecular complexity index is 195. The van der Waals surface area contributed by atoms with E-state index in [1.54, 1.807) is 0 Å². The molecule has 0 unspecified atom stereocenters. The first-order chi connectivity index (χ1) is 4.86. The Morgan fingerprint density at radius 3 is 2.90 bits per heavy atom. The van der Waals surface area contributed by atoms with Crippen molar-refractivity contribution in [3.8, 4) is 0 Å². The van der Waals surface area contributed by atoms with Gasteiger partial charge >= 0.3 is 0 Å². The SMILES string of the molecule is O[SH+]c1cccc(CCl)c1. The maximum absolute atomic E-state index is 8.69. The maximum Gasteiger partial charge on any atom is 0.187 e. The molecule has 0 amide bonds. The average Bonchev–Trinajstić information content (AvgIpc) is 2.05. The van der Waals surface area contributed by atoms with Crippen LogP contribution >= 0.6 is 11.6 Å². The van der Waals surface area contributed by atoms with E-state index in [-0.39, 0.29) is 0 Å². The van der Waals surface area contributed by atoms with Crippen LogP contribution in [0.1, 0.15) is 5.56 Å². The number of thiol groups is 1. The van der Waals surface area contributed by atoms with Crippen LogP contribution in [-0.4, -0.2) is 4.55 Å². The van der Waals surface area contributed by atoms with Gasteiger partial charge in [-0.1, -0.05) is 12.1 Å². The molecular formula is C7H8ClOS+. The predicted octanol–water partition coefficient (Wildman–Crippen LogP) is 2.07. The highest BCUT2D eigenvalue weighted by Gasteiger charge is 1.99. The van der Waals surface area contributed by atoms with Gasteiger partial charge in [-0.15, -0.1) is 11.6 Å². The fourth-order valence-electron chi connectivity index (χ4n) is 0.702. The molecule has 1 N–H and O–H groups in total. The summed E-state index contributed by atoms with van der Waals surface area (Å²) >= 11 is 5.88. The van der Waals surface area contributed by atoms with Crippen LogP contribution in [0.15, 0.2) is 29.2 Å². The third kappa shape index (κ3) is 1.90. The Morgan fingerprint density at radius 2 is 2.30 bits per heavy atom. The largest absolute Gasteiger partial charge is 0.187 e. The van der Waals surface area contributed by atoms with Gasteiger partial charge in [-0.2, -0.15) is 4.55 Å². The number of benzene rings is 1. The average molecular weight is 176 g/mol. The second kappa shape index (κ2) is 3.86. The summed E-state index contributed by atoms with van der Waals surface area (Å²) in [5, 5.41) is 0. The van der Waals surface area contributed by atoms with Gasteiger partial charge in [0.1, 0.15) is 0 Å². The molecule has 0 radical (unpaired) electrons. The lowest BCUT2D eigenvalue weighted by molar-refractivity contribution is 0.658. The van der Waals surface area contributed by atoms with Crippen LogP contribution in [0.4, 0.5) is 0 Å². The number of rotatable bonds is 2. The van der Waals surface area contributed by atoms with E-state index < -0.39 is 0 Å². The van der Waals surface area contributed by atoms with Crippen LogP contribution in [0.3, 0.4) is 0 Å². The zero-order valence-corrected chi connectivity index (χ0v) is 6.94. The zero-order valence-electron chi connectivity index (χ0n) is 5.29. The molecule has 54 valence electrons. The van der Waals surface area contributed by atoms with Crippen LogP contribution < -0.4 is 0 Å². The molecular weight excluding hydrogens is 168 g/mol. The van der Waals surface area contributed by atoms with Crippen molar-refractivity contribution in [3.05, 3.63) is 29.8 Å². The summed E-state index contributed by atoms with van der Waals surface area (Å²) < 4.78 is 8.69. The standard InChI is InChI=1S/C7H7ClOS/c8-5-6-2-1-3-7(4-6)10-9/h1-4,9H,5H2/p+1. The summed E-state index contributed by atoms with van der Waals surface area (Å²) in [5.74, 6) is 0.503. The van der Waals surface area contributed by atoms with Crippen molar-refractivity contribution in [1.29, 1.82) is 0 Å². The minimum atomic E-state index is 0.305. The minimum Gasteiger partial charge on any atom is -0.184 e. The summed E-state index contributed by atoms with van der Waals surface area (Å²) in [5.41, 5.74) is 1.04. The first-order valence-corrected chi connectivity index (χ1v) is 4.25. The van der Waals surface area contributed by atoms with Gasteiger partial charge in [0.25, 0.3) is 0 Å². The van der Waals surface area contributed by atoms with Crippen molar-refractivity contribution in [2.24, 2.45) is 0 Å². The maximum atomic E-state index is 8.69. The fraction of sp³-hybridized carbons (Fsp3) is 0.143. The summed E-state index contributed by atoms with van der Waals surface area (Å²) in [6, 6.07) is 7.56. The zero-order chi connectivity index (χ0) is 7.40. The molecule has 10 heavy (non-hydrogen) atoms. The number of halogens is 1. The first kappa shape index (κ1) is 7.92. The summed E-state index contributed by atoms with van der Waals surface area (Å²) in [6.07, 6.45) is 0. The Morgan fingerprint density at radius 1 is 1.50 bits per heavy atom. The molecule has 1 aromatic rings. The number of hydrogen-bond acceptors (Lipinski definition) is 1. The Balaban J connectivity index is 2.87. The van der Waals surface area contributed by atoms with Gasteiger partial charge in [0.15, 0.2) is 16.9 Å². The summed E-state index contributed by atoms with van der Waals surface area (Å²) in [4.78, 5) is 0.887. The molecule has 0 aromatic heterocycles. The molecule has 0 bridgehead atoms. The van der Waals surface area contributed by atoms with E-state index in [9.17, 15) is 0 Å². The van der Waals surface area contributed by atoms with E-state index >= 15 is 0 Å². The second-order valence-corrected chi connectivity index (χ2v) is 2.89. The molecule has 1 rings (SSSR count). The highest BCUT2D eigenvalue weighted by atomic mass is 35.5. The molecule has 0 heterocycles. The van der Waals surface area contributed by atoms with E-state index in [0.717, 1.165) is 10.5 Å². The molecule has 3 heteroatoms. The Hall–Kier alpha value is -0.180. The van der Waals surface area contributed by atoms with Gasteiger partial charge in [0.05, 0.1) is 0 Å². The van der Waals surface area contributed by atoms with Crippen molar-refractivity contribution < 1.29 is 4.55 Å². The molecule has 0 spiro atoms. The van der Waals surface area contributed by atoms with E-state index in [2.05, 4.69) is 0 Å². The Kier molecular flexibility index (Phi) is 3.06. The lowest BCUT2D eigenvalue weighted by Crippen LogP contribution is -1.82. The highest BCUT2D eigenvalue weighted by molar-refractivity contribution is 7.72. The molecule has 0 saturated heterocycles. The van der Waals surface area contributed by atoms with Gasteiger partial charge in [0, 0.05) is 11.9 Å². The Labute approximate surface area is 69.2 Å².